The molecule has 0 aliphatic rings. The van der Waals surface area contributed by atoms with Crippen LogP contribution in [0.3, 0.4) is 0 Å². The van der Waals surface area contributed by atoms with Gasteiger partial charge in [0.2, 0.25) is 0 Å². The second kappa shape index (κ2) is 6.92. The van der Waals surface area contributed by atoms with Crippen molar-refractivity contribution in [3.63, 3.8) is 0 Å². The van der Waals surface area contributed by atoms with E-state index in [1.807, 2.05) is 12.1 Å². The molecule has 0 radical (unpaired) electrons. The maximum Gasteiger partial charge on any atom is 0.0964 e. The SMILES string of the molecule is [Fe].[O-][Cl+3]([O-])([O-])O.c1cnc2c(c1)ccc1cccnc12. The van der Waals surface area contributed by atoms with E-state index in [1.54, 1.807) is 12.4 Å². The molecule has 0 saturated heterocycles. The Bertz CT molecular complexity index is 645. The van der Waals surface area contributed by atoms with Crippen molar-refractivity contribution < 1.29 is 45.9 Å². The molecule has 2 aromatic heterocycles. The van der Waals surface area contributed by atoms with Crippen molar-refractivity contribution in [3.8, 4) is 0 Å². The molecule has 0 unspecified atom stereocenters. The number of nitrogens with zero attached hydrogens (tertiary/aromatic N) is 2. The van der Waals surface area contributed by atoms with E-state index in [9.17, 15) is 0 Å². The molecule has 0 bridgehead atoms. The third-order valence-corrected chi connectivity index (χ3v) is 2.34. The molecule has 1 aromatic carbocycles. The van der Waals surface area contributed by atoms with Crippen molar-refractivity contribution in [2.45, 2.75) is 0 Å². The molecule has 3 aromatic rings. The summed E-state index contributed by atoms with van der Waals surface area (Å²) in [6, 6.07) is 12.1. The molecular weight excluding hydrogens is 327 g/mol. The Hall–Kier alpha value is -1.31. The quantitative estimate of drug-likeness (QED) is 0.401. The largest absolute Gasteiger partial charge is 0.254 e. The first-order valence-electron chi connectivity index (χ1n) is 5.17. The van der Waals surface area contributed by atoms with Gasteiger partial charge < -0.3 is 0 Å². The third kappa shape index (κ3) is 4.66. The summed E-state index contributed by atoms with van der Waals surface area (Å²) >= 11 is 0. The van der Waals surface area contributed by atoms with Crippen LogP contribution >= 0.6 is 0 Å². The van der Waals surface area contributed by atoms with Gasteiger partial charge in [-0.15, -0.1) is 0 Å². The van der Waals surface area contributed by atoms with Crippen LogP contribution in [0.5, 0.6) is 0 Å². The van der Waals surface area contributed by atoms with Crippen LogP contribution < -0.4 is 14.0 Å². The monoisotopic (exact) mass is 336 g/mol. The van der Waals surface area contributed by atoms with Crippen molar-refractivity contribution in [2.75, 3.05) is 0 Å². The maximum atomic E-state index is 8.60. The van der Waals surface area contributed by atoms with Crippen LogP contribution in [0.1, 0.15) is 0 Å². The van der Waals surface area contributed by atoms with Crippen LogP contribution in [-0.4, -0.2) is 14.6 Å². The zero-order valence-electron chi connectivity index (χ0n) is 9.92. The molecule has 8 heteroatoms. The Morgan fingerprint density at radius 2 is 1.15 bits per heavy atom. The van der Waals surface area contributed by atoms with E-state index in [0.717, 1.165) is 21.8 Å². The molecule has 3 rings (SSSR count). The smallest absolute Gasteiger partial charge is 0.0964 e. The standard InChI is InChI=1S/C12H8N2.ClHO4.Fe/c1-3-9-5-6-10-4-2-8-14-12(10)11(9)13-7-1;2-1(3,4)5;/h1-8H;(H,2,3,4,5);. The van der Waals surface area contributed by atoms with Gasteiger partial charge in [0.25, 0.3) is 0 Å². The Labute approximate surface area is 126 Å². The minimum atomic E-state index is -4.69. The molecule has 0 aliphatic carbocycles. The minimum absolute atomic E-state index is 0. The van der Waals surface area contributed by atoms with E-state index in [-0.39, 0.29) is 17.1 Å². The molecule has 0 fully saturated rings. The van der Waals surface area contributed by atoms with Crippen LogP contribution in [-0.2, 0) is 17.1 Å². The van der Waals surface area contributed by atoms with E-state index >= 15 is 0 Å². The zero-order valence-corrected chi connectivity index (χ0v) is 11.8. The molecule has 6 nitrogen and oxygen atoms in total. The number of hydrogen-bond donors (Lipinski definition) is 1. The number of benzene rings is 1. The number of halogens is 1. The molecule has 0 saturated carbocycles. The Morgan fingerprint density at radius 3 is 1.50 bits per heavy atom. The first kappa shape index (κ1) is 16.7. The maximum absolute atomic E-state index is 8.60. The minimum Gasteiger partial charge on any atom is -0.254 e. The van der Waals surface area contributed by atoms with Crippen molar-refractivity contribution in [1.29, 1.82) is 0 Å². The molecule has 2 heterocycles. The Balaban J connectivity index is 0.000000293. The van der Waals surface area contributed by atoms with Gasteiger partial charge in [0.1, 0.15) is 0 Å². The van der Waals surface area contributed by atoms with E-state index in [1.165, 1.54) is 0 Å². The van der Waals surface area contributed by atoms with Gasteiger partial charge in [-0.2, -0.15) is 14.0 Å². The number of aromatic nitrogens is 2. The first-order valence-corrected chi connectivity index (χ1v) is 6.43. The van der Waals surface area contributed by atoms with Gasteiger partial charge in [0, 0.05) is 40.2 Å². The summed E-state index contributed by atoms with van der Waals surface area (Å²) in [5, 5.41) is 2.28. The van der Waals surface area contributed by atoms with Gasteiger partial charge in [-0.25, -0.2) is 0 Å². The van der Waals surface area contributed by atoms with Crippen LogP contribution in [0, 0.1) is 10.2 Å². The summed E-state index contributed by atoms with van der Waals surface area (Å²) in [5.74, 6) is 0. The normalized spacial score (nSPS) is 10.6. The van der Waals surface area contributed by atoms with Crippen molar-refractivity contribution >= 4 is 21.8 Å². The first-order chi connectivity index (χ1) is 8.95. The van der Waals surface area contributed by atoms with Crippen LogP contribution in [0.15, 0.2) is 48.8 Å². The number of fused-ring (bicyclic) bond motifs is 3. The molecule has 0 aliphatic heterocycles. The van der Waals surface area contributed by atoms with Crippen LogP contribution in [0.4, 0.5) is 0 Å². The fourth-order valence-corrected chi connectivity index (χ4v) is 1.68. The molecule has 0 spiro atoms. The van der Waals surface area contributed by atoms with Crippen molar-refractivity contribution in [1.82, 2.24) is 9.97 Å². The van der Waals surface area contributed by atoms with Gasteiger partial charge >= 0.3 is 0 Å². The Kier molecular flexibility index (Phi) is 5.79. The predicted molar refractivity (Wildman–Crippen MR) is 59.3 cm³/mol. The van der Waals surface area contributed by atoms with Crippen LogP contribution in [0.25, 0.3) is 21.8 Å². The van der Waals surface area contributed by atoms with Gasteiger partial charge in [-0.05, 0) is 12.1 Å². The molecule has 20 heavy (non-hydrogen) atoms. The second-order valence-electron chi connectivity index (χ2n) is 3.61. The van der Waals surface area contributed by atoms with Crippen molar-refractivity contribution in [2.24, 2.45) is 0 Å². The summed E-state index contributed by atoms with van der Waals surface area (Å²) in [6.07, 6.45) is 3.60. The van der Waals surface area contributed by atoms with E-state index in [4.69, 9.17) is 18.6 Å². The fraction of sp³-hybridized carbons (Fsp3) is 0. The number of pyridine rings is 2. The van der Waals surface area contributed by atoms with Gasteiger partial charge in [0.15, 0.2) is 0 Å². The number of hydrogen-bond acceptors (Lipinski definition) is 6. The van der Waals surface area contributed by atoms with E-state index < -0.39 is 10.2 Å². The summed E-state index contributed by atoms with van der Waals surface area (Å²) in [5.41, 5.74) is 1.95. The molecule has 0 atom stereocenters. The van der Waals surface area contributed by atoms with Gasteiger partial charge in [0.05, 0.1) is 25.9 Å². The Morgan fingerprint density at radius 1 is 0.800 bits per heavy atom. The molecule has 1 N–H and O–H groups in total. The summed E-state index contributed by atoms with van der Waals surface area (Å²) in [6.45, 7) is 0. The average molecular weight is 337 g/mol. The fourth-order valence-electron chi connectivity index (χ4n) is 1.68. The zero-order chi connectivity index (χ0) is 13.9. The third-order valence-electron chi connectivity index (χ3n) is 2.34. The van der Waals surface area contributed by atoms with Crippen molar-refractivity contribution in [3.05, 3.63) is 48.8 Å². The van der Waals surface area contributed by atoms with E-state index in [0.29, 0.717) is 0 Å². The van der Waals surface area contributed by atoms with E-state index in [2.05, 4.69) is 34.2 Å². The summed E-state index contributed by atoms with van der Waals surface area (Å²) in [7, 11) is -4.69. The molecular formula is C12H9ClFeN2O4. The average Bonchev–Trinajstić information content (AvgIpc) is 2.37. The molecule has 106 valence electrons. The summed E-state index contributed by atoms with van der Waals surface area (Å²) < 4.78 is 32.7. The van der Waals surface area contributed by atoms with Crippen LogP contribution in [0.2, 0.25) is 0 Å². The molecule has 0 amide bonds. The van der Waals surface area contributed by atoms with Gasteiger partial charge in [-0.3, -0.25) is 9.97 Å². The number of rotatable bonds is 0. The van der Waals surface area contributed by atoms with Gasteiger partial charge in [-0.1, -0.05) is 24.3 Å². The second-order valence-corrected chi connectivity index (χ2v) is 4.40. The topological polar surface area (TPSA) is 115 Å². The summed E-state index contributed by atoms with van der Waals surface area (Å²) in [4.78, 5) is 8.69. The predicted octanol–water partition coefficient (Wildman–Crippen LogP) is -1.34.